The van der Waals surface area contributed by atoms with Crippen molar-refractivity contribution in [1.82, 2.24) is 14.8 Å². The average Bonchev–Trinajstić information content (AvgIpc) is 3.01. The summed E-state index contributed by atoms with van der Waals surface area (Å²) in [7, 11) is -3.91. The lowest BCUT2D eigenvalue weighted by molar-refractivity contribution is -0.137. The molecule has 27 heavy (non-hydrogen) atoms. The van der Waals surface area contributed by atoms with E-state index in [1.165, 1.54) is 47.4 Å². The van der Waals surface area contributed by atoms with Crippen molar-refractivity contribution >= 4 is 27.6 Å². The van der Waals surface area contributed by atoms with Gasteiger partial charge in [-0.1, -0.05) is 23.7 Å². The zero-order valence-electron chi connectivity index (χ0n) is 13.5. The molecule has 3 aromatic rings. The predicted molar refractivity (Wildman–Crippen MR) is 92.8 cm³/mol. The number of alkyl halides is 3. The molecule has 0 aliphatic carbocycles. The highest BCUT2D eigenvalue weighted by atomic mass is 35.5. The third-order valence-electron chi connectivity index (χ3n) is 3.48. The quantitative estimate of drug-likeness (QED) is 0.686. The normalized spacial score (nSPS) is 12.1. The van der Waals surface area contributed by atoms with E-state index in [0.29, 0.717) is 10.6 Å². The molecule has 0 saturated heterocycles. The number of hydrogen-bond donors (Lipinski definition) is 1. The third kappa shape index (κ3) is 4.77. The van der Waals surface area contributed by atoms with E-state index in [1.54, 1.807) is 0 Å². The van der Waals surface area contributed by atoms with Crippen molar-refractivity contribution in [3.05, 3.63) is 71.0 Å². The molecule has 0 bridgehead atoms. The summed E-state index contributed by atoms with van der Waals surface area (Å²) < 4.78 is 66.3. The van der Waals surface area contributed by atoms with Crippen LogP contribution < -0.4 is 4.72 Å². The van der Waals surface area contributed by atoms with E-state index in [1.807, 2.05) is 0 Å². The summed E-state index contributed by atoms with van der Waals surface area (Å²) >= 11 is 5.73. The van der Waals surface area contributed by atoms with E-state index < -0.39 is 21.8 Å². The van der Waals surface area contributed by atoms with Gasteiger partial charge in [0.1, 0.15) is 6.33 Å². The predicted octanol–water partition coefficient (Wildman–Crippen LogP) is 3.80. The number of nitrogens with one attached hydrogen (secondary N) is 1. The molecule has 0 radical (unpaired) electrons. The van der Waals surface area contributed by atoms with Crippen LogP contribution in [0.3, 0.4) is 0 Å². The first kappa shape index (κ1) is 19.2. The fraction of sp³-hybridized carbons (Fsp3) is 0.125. The van der Waals surface area contributed by atoms with E-state index in [9.17, 15) is 21.6 Å². The van der Waals surface area contributed by atoms with Crippen LogP contribution in [0.2, 0.25) is 5.02 Å². The number of rotatable bonds is 5. The number of nitrogens with zero attached hydrogens (tertiary/aromatic N) is 3. The minimum Gasteiger partial charge on any atom is -0.246 e. The van der Waals surface area contributed by atoms with Crippen molar-refractivity contribution in [2.75, 3.05) is 4.72 Å². The van der Waals surface area contributed by atoms with Gasteiger partial charge in [-0.15, -0.1) is 5.10 Å². The second-order valence-electron chi connectivity index (χ2n) is 5.52. The van der Waals surface area contributed by atoms with E-state index in [0.717, 1.165) is 12.1 Å². The molecule has 0 atom stereocenters. The van der Waals surface area contributed by atoms with Gasteiger partial charge in [0.25, 0.3) is 16.0 Å². The van der Waals surface area contributed by atoms with Gasteiger partial charge in [0.15, 0.2) is 0 Å². The highest BCUT2D eigenvalue weighted by molar-refractivity contribution is 7.92. The molecule has 0 fully saturated rings. The smallest absolute Gasteiger partial charge is 0.246 e. The van der Waals surface area contributed by atoms with Gasteiger partial charge < -0.3 is 0 Å². The average molecular weight is 417 g/mol. The number of hydrogen-bond acceptors (Lipinski definition) is 4. The Morgan fingerprint density at radius 1 is 1.11 bits per heavy atom. The molecule has 1 heterocycles. The molecule has 3 rings (SSSR count). The molecule has 0 spiro atoms. The van der Waals surface area contributed by atoms with Crippen LogP contribution in [0.5, 0.6) is 0 Å². The first-order chi connectivity index (χ1) is 12.6. The number of halogens is 4. The van der Waals surface area contributed by atoms with Crippen LogP contribution in [-0.4, -0.2) is 23.2 Å². The van der Waals surface area contributed by atoms with Gasteiger partial charge >= 0.3 is 6.18 Å². The fourth-order valence-electron chi connectivity index (χ4n) is 2.24. The Labute approximate surface area is 157 Å². The van der Waals surface area contributed by atoms with Gasteiger partial charge in [0.2, 0.25) is 0 Å². The summed E-state index contributed by atoms with van der Waals surface area (Å²) in [5, 5.41) is 4.32. The van der Waals surface area contributed by atoms with E-state index in [-0.39, 0.29) is 17.4 Å². The molecule has 0 aliphatic heterocycles. The Hall–Kier alpha value is -2.59. The number of sulfonamides is 1. The Balaban J connectivity index is 1.75. The second kappa shape index (κ2) is 7.20. The van der Waals surface area contributed by atoms with E-state index in [2.05, 4.69) is 14.8 Å². The summed E-state index contributed by atoms with van der Waals surface area (Å²) in [4.78, 5) is 3.80. The van der Waals surface area contributed by atoms with Gasteiger partial charge in [-0.2, -0.15) is 18.2 Å². The molecule has 11 heteroatoms. The molecule has 1 aromatic heterocycles. The molecule has 142 valence electrons. The summed E-state index contributed by atoms with van der Waals surface area (Å²) in [6, 6.07) is 10.3. The molecule has 6 nitrogen and oxygen atoms in total. The molecular weight excluding hydrogens is 405 g/mol. The maximum Gasteiger partial charge on any atom is 0.416 e. The molecule has 1 N–H and O–H groups in total. The van der Waals surface area contributed by atoms with Crippen LogP contribution in [0.15, 0.2) is 59.8 Å². The van der Waals surface area contributed by atoms with Gasteiger partial charge in [0, 0.05) is 5.02 Å². The molecule has 0 amide bonds. The highest BCUT2D eigenvalue weighted by Gasteiger charge is 2.30. The number of aromatic nitrogens is 3. The van der Waals surface area contributed by atoms with Crippen molar-refractivity contribution in [2.45, 2.75) is 17.6 Å². The molecule has 0 saturated carbocycles. The Bertz CT molecular complexity index is 1050. The summed E-state index contributed by atoms with van der Waals surface area (Å²) in [5.74, 6) is -0.197. The largest absolute Gasteiger partial charge is 0.416 e. The maximum absolute atomic E-state index is 12.8. The van der Waals surface area contributed by atoms with Crippen molar-refractivity contribution in [1.29, 1.82) is 0 Å². The van der Waals surface area contributed by atoms with Crippen LogP contribution in [0.25, 0.3) is 0 Å². The minimum atomic E-state index is -4.45. The Kier molecular flexibility index (Phi) is 5.11. The van der Waals surface area contributed by atoms with E-state index >= 15 is 0 Å². The van der Waals surface area contributed by atoms with Crippen molar-refractivity contribution < 1.29 is 21.6 Å². The molecule has 2 aromatic carbocycles. The third-order valence-corrected chi connectivity index (χ3v) is 5.08. The topological polar surface area (TPSA) is 76.9 Å². The maximum atomic E-state index is 12.8. The monoisotopic (exact) mass is 416 g/mol. The minimum absolute atomic E-state index is 0.000404. The SMILES string of the molecule is O=S(=O)(Nc1ncn(Cc2cccc(C(F)(F)F)c2)n1)c1ccc(Cl)cc1. The van der Waals surface area contributed by atoms with Crippen molar-refractivity contribution in [3.8, 4) is 0 Å². The first-order valence-corrected chi connectivity index (χ1v) is 9.33. The van der Waals surface area contributed by atoms with Gasteiger partial charge in [-0.05, 0) is 42.0 Å². The molecule has 0 unspecified atom stereocenters. The van der Waals surface area contributed by atoms with Gasteiger partial charge in [-0.25, -0.2) is 17.8 Å². The lowest BCUT2D eigenvalue weighted by atomic mass is 10.1. The van der Waals surface area contributed by atoms with Crippen LogP contribution in [0.4, 0.5) is 19.1 Å². The van der Waals surface area contributed by atoms with Crippen molar-refractivity contribution in [3.63, 3.8) is 0 Å². The van der Waals surface area contributed by atoms with Crippen LogP contribution in [-0.2, 0) is 22.7 Å². The highest BCUT2D eigenvalue weighted by Crippen LogP contribution is 2.29. The number of benzene rings is 2. The molecular formula is C16H12ClF3N4O2S. The van der Waals surface area contributed by atoms with Gasteiger partial charge in [0.05, 0.1) is 17.0 Å². The lowest BCUT2D eigenvalue weighted by Crippen LogP contribution is -2.14. The zero-order chi connectivity index (χ0) is 19.7. The first-order valence-electron chi connectivity index (χ1n) is 7.47. The standard InChI is InChI=1S/C16H12ClF3N4O2S/c17-13-4-6-14(7-5-13)27(25,26)23-15-21-10-24(22-15)9-11-2-1-3-12(8-11)16(18,19)20/h1-8,10H,9H2,(H,22,23). The molecule has 0 aliphatic rings. The summed E-state index contributed by atoms with van der Waals surface area (Å²) in [6.07, 6.45) is -3.22. The Morgan fingerprint density at radius 2 is 1.81 bits per heavy atom. The van der Waals surface area contributed by atoms with Crippen LogP contribution in [0.1, 0.15) is 11.1 Å². The van der Waals surface area contributed by atoms with Gasteiger partial charge in [-0.3, -0.25) is 0 Å². The summed E-state index contributed by atoms with van der Waals surface area (Å²) in [5.41, 5.74) is -0.425. The number of anilines is 1. The van der Waals surface area contributed by atoms with E-state index in [4.69, 9.17) is 11.6 Å². The zero-order valence-corrected chi connectivity index (χ0v) is 15.1. The Morgan fingerprint density at radius 3 is 2.48 bits per heavy atom. The van der Waals surface area contributed by atoms with Crippen LogP contribution >= 0.6 is 11.6 Å². The lowest BCUT2D eigenvalue weighted by Gasteiger charge is -2.08. The van der Waals surface area contributed by atoms with Crippen LogP contribution in [0, 0.1) is 0 Å². The van der Waals surface area contributed by atoms with Crippen molar-refractivity contribution in [2.24, 2.45) is 0 Å². The fourth-order valence-corrected chi connectivity index (χ4v) is 3.32. The second-order valence-corrected chi connectivity index (χ2v) is 7.64. The summed E-state index contributed by atoms with van der Waals surface area (Å²) in [6.45, 7) is -0.000404.